The Balaban J connectivity index is 1.35. The molecule has 7 heteroatoms. The van der Waals surface area contributed by atoms with Crippen LogP contribution in [0, 0.1) is 0 Å². The second-order valence-corrected chi connectivity index (χ2v) is 6.56. The second kappa shape index (κ2) is 6.68. The number of rotatable bonds is 5. The Morgan fingerprint density at radius 2 is 2.08 bits per heavy atom. The highest BCUT2D eigenvalue weighted by Gasteiger charge is 2.17. The van der Waals surface area contributed by atoms with Crippen LogP contribution < -0.4 is 14.8 Å². The Morgan fingerprint density at radius 3 is 2.96 bits per heavy atom. The van der Waals surface area contributed by atoms with Crippen LogP contribution in [0.1, 0.15) is 18.5 Å². The van der Waals surface area contributed by atoms with Crippen LogP contribution in [0.5, 0.6) is 11.5 Å². The van der Waals surface area contributed by atoms with Crippen LogP contribution in [-0.4, -0.2) is 23.4 Å². The van der Waals surface area contributed by atoms with Crippen LogP contribution in [0.3, 0.4) is 0 Å². The number of thioether (sulfide) groups is 1. The van der Waals surface area contributed by atoms with Crippen molar-refractivity contribution in [2.24, 2.45) is 0 Å². The molecule has 0 spiro atoms. The Morgan fingerprint density at radius 1 is 1.24 bits per heavy atom. The first-order chi connectivity index (χ1) is 12.2. The summed E-state index contributed by atoms with van der Waals surface area (Å²) in [5.41, 5.74) is 2.47. The molecular formula is C18H16N2O4S. The van der Waals surface area contributed by atoms with Crippen LogP contribution in [0.4, 0.5) is 0 Å². The molecule has 2 heterocycles. The predicted molar refractivity (Wildman–Crippen MR) is 93.9 cm³/mol. The molecule has 0 aliphatic carbocycles. The van der Waals surface area contributed by atoms with Crippen LogP contribution in [0.25, 0.3) is 11.1 Å². The summed E-state index contributed by atoms with van der Waals surface area (Å²) < 4.78 is 16.3. The SMILES string of the molecule is C[C@H](NC(=O)CSc1nc2ccccc2o1)c1ccc2c(c1)OCO2. The van der Waals surface area contributed by atoms with E-state index in [0.717, 1.165) is 22.4 Å². The fraction of sp³-hybridized carbons (Fsp3) is 0.222. The average molecular weight is 356 g/mol. The maximum atomic E-state index is 12.2. The van der Waals surface area contributed by atoms with E-state index in [9.17, 15) is 4.79 Å². The van der Waals surface area contributed by atoms with E-state index in [1.165, 1.54) is 11.8 Å². The molecule has 1 aliphatic heterocycles. The van der Waals surface area contributed by atoms with Crippen molar-refractivity contribution < 1.29 is 18.7 Å². The van der Waals surface area contributed by atoms with Crippen LogP contribution in [0.2, 0.25) is 0 Å². The molecule has 1 atom stereocenters. The lowest BCUT2D eigenvalue weighted by molar-refractivity contribution is -0.119. The van der Waals surface area contributed by atoms with Crippen molar-refractivity contribution in [3.63, 3.8) is 0 Å². The number of ether oxygens (including phenoxy) is 2. The molecule has 0 radical (unpaired) electrons. The molecule has 6 nitrogen and oxygen atoms in total. The van der Waals surface area contributed by atoms with Crippen molar-refractivity contribution in [3.8, 4) is 11.5 Å². The summed E-state index contributed by atoms with van der Waals surface area (Å²) in [5, 5.41) is 3.46. The first-order valence-electron chi connectivity index (χ1n) is 7.86. The number of hydrogen-bond acceptors (Lipinski definition) is 6. The summed E-state index contributed by atoms with van der Waals surface area (Å²) in [6.07, 6.45) is 0. The minimum atomic E-state index is -0.133. The Kier molecular flexibility index (Phi) is 4.23. The van der Waals surface area contributed by atoms with E-state index in [2.05, 4.69) is 10.3 Å². The lowest BCUT2D eigenvalue weighted by Crippen LogP contribution is -2.28. The summed E-state index contributed by atoms with van der Waals surface area (Å²) in [4.78, 5) is 16.5. The number of aromatic nitrogens is 1. The number of nitrogens with one attached hydrogen (secondary N) is 1. The van der Waals surface area contributed by atoms with Crippen LogP contribution in [0.15, 0.2) is 52.1 Å². The molecule has 4 rings (SSSR count). The third kappa shape index (κ3) is 3.41. The summed E-state index contributed by atoms with van der Waals surface area (Å²) in [6, 6.07) is 13.1. The lowest BCUT2D eigenvalue weighted by atomic mass is 10.1. The van der Waals surface area contributed by atoms with Gasteiger partial charge in [0.25, 0.3) is 5.22 Å². The van der Waals surface area contributed by atoms with Gasteiger partial charge in [0.05, 0.1) is 11.8 Å². The number of para-hydroxylation sites is 2. The number of fused-ring (bicyclic) bond motifs is 2. The highest BCUT2D eigenvalue weighted by atomic mass is 32.2. The zero-order valence-corrected chi connectivity index (χ0v) is 14.3. The third-order valence-corrected chi connectivity index (χ3v) is 4.70. The van der Waals surface area contributed by atoms with Gasteiger partial charge in [-0.3, -0.25) is 4.79 Å². The number of oxazole rings is 1. The zero-order valence-electron chi connectivity index (χ0n) is 13.5. The van der Waals surface area contributed by atoms with Crippen molar-refractivity contribution in [1.82, 2.24) is 10.3 Å². The molecule has 0 saturated carbocycles. The Labute approximate surface area is 148 Å². The molecule has 1 N–H and O–H groups in total. The summed E-state index contributed by atoms with van der Waals surface area (Å²) >= 11 is 1.28. The molecular weight excluding hydrogens is 340 g/mol. The van der Waals surface area contributed by atoms with E-state index in [1.807, 2.05) is 49.4 Å². The smallest absolute Gasteiger partial charge is 0.257 e. The topological polar surface area (TPSA) is 73.6 Å². The van der Waals surface area contributed by atoms with E-state index < -0.39 is 0 Å². The number of benzene rings is 2. The quantitative estimate of drug-likeness (QED) is 0.705. The number of amides is 1. The third-order valence-electron chi connectivity index (χ3n) is 3.88. The molecule has 1 aliphatic rings. The van der Waals surface area contributed by atoms with Crippen LogP contribution in [-0.2, 0) is 4.79 Å². The molecule has 3 aromatic rings. The number of carbonyl (C=O) groups is 1. The van der Waals surface area contributed by atoms with Crippen LogP contribution >= 0.6 is 11.8 Å². The van der Waals surface area contributed by atoms with Gasteiger partial charge < -0.3 is 19.2 Å². The van der Waals surface area contributed by atoms with Gasteiger partial charge in [0.15, 0.2) is 17.1 Å². The fourth-order valence-corrected chi connectivity index (χ4v) is 3.24. The zero-order chi connectivity index (χ0) is 17.2. The Hall–Kier alpha value is -2.67. The summed E-state index contributed by atoms with van der Waals surface area (Å²) in [7, 11) is 0. The van der Waals surface area contributed by atoms with Gasteiger partial charge in [-0.1, -0.05) is 30.0 Å². The maximum Gasteiger partial charge on any atom is 0.257 e. The van der Waals surface area contributed by atoms with Gasteiger partial charge >= 0.3 is 0 Å². The monoisotopic (exact) mass is 356 g/mol. The normalized spacial score (nSPS) is 13.8. The Bertz CT molecular complexity index is 891. The van der Waals surface area contributed by atoms with E-state index in [-0.39, 0.29) is 24.5 Å². The van der Waals surface area contributed by atoms with Crippen molar-refractivity contribution in [2.75, 3.05) is 12.5 Å². The van der Waals surface area contributed by atoms with Crippen molar-refractivity contribution >= 4 is 28.8 Å². The predicted octanol–water partition coefficient (Wildman–Crippen LogP) is 3.53. The summed E-state index contributed by atoms with van der Waals surface area (Å²) in [6.45, 7) is 2.17. The minimum absolute atomic E-state index is 0.0857. The highest BCUT2D eigenvalue weighted by molar-refractivity contribution is 7.99. The van der Waals surface area contributed by atoms with Gasteiger partial charge in [-0.15, -0.1) is 0 Å². The van der Waals surface area contributed by atoms with E-state index in [4.69, 9.17) is 13.9 Å². The van der Waals surface area contributed by atoms with Gasteiger partial charge in [-0.05, 0) is 36.8 Å². The first kappa shape index (κ1) is 15.8. The molecule has 25 heavy (non-hydrogen) atoms. The van der Waals surface area contributed by atoms with E-state index in [0.29, 0.717) is 11.0 Å². The maximum absolute atomic E-state index is 12.2. The molecule has 128 valence electrons. The molecule has 0 unspecified atom stereocenters. The van der Waals surface area contributed by atoms with Gasteiger partial charge in [-0.25, -0.2) is 4.98 Å². The minimum Gasteiger partial charge on any atom is -0.454 e. The van der Waals surface area contributed by atoms with Crippen molar-refractivity contribution in [3.05, 3.63) is 48.0 Å². The standard InChI is InChI=1S/C18H16N2O4S/c1-11(12-6-7-15-16(8-12)23-10-22-15)19-17(21)9-25-18-20-13-4-2-3-5-14(13)24-18/h2-8,11H,9-10H2,1H3,(H,19,21)/t11-/m0/s1. The molecule has 0 saturated heterocycles. The van der Waals surface area contributed by atoms with Gasteiger partial charge in [0.1, 0.15) is 5.52 Å². The number of nitrogens with zero attached hydrogens (tertiary/aromatic N) is 1. The van der Waals surface area contributed by atoms with Gasteiger partial charge in [-0.2, -0.15) is 0 Å². The molecule has 2 aromatic carbocycles. The molecule has 1 aromatic heterocycles. The average Bonchev–Trinajstić information content (AvgIpc) is 3.25. The van der Waals surface area contributed by atoms with Crippen molar-refractivity contribution in [1.29, 1.82) is 0 Å². The molecule has 0 bridgehead atoms. The molecule has 0 fully saturated rings. The van der Waals surface area contributed by atoms with E-state index in [1.54, 1.807) is 0 Å². The molecule has 1 amide bonds. The summed E-state index contributed by atoms with van der Waals surface area (Å²) in [5.74, 6) is 1.59. The lowest BCUT2D eigenvalue weighted by Gasteiger charge is -2.14. The van der Waals surface area contributed by atoms with E-state index >= 15 is 0 Å². The number of carbonyl (C=O) groups excluding carboxylic acids is 1. The number of hydrogen-bond donors (Lipinski definition) is 1. The van der Waals surface area contributed by atoms with Gasteiger partial charge in [0.2, 0.25) is 12.7 Å². The van der Waals surface area contributed by atoms with Crippen molar-refractivity contribution in [2.45, 2.75) is 18.2 Å². The fourth-order valence-electron chi connectivity index (χ4n) is 2.59. The highest BCUT2D eigenvalue weighted by Crippen LogP contribution is 2.34. The first-order valence-corrected chi connectivity index (χ1v) is 8.85. The van der Waals surface area contributed by atoms with Gasteiger partial charge in [0, 0.05) is 0 Å². The largest absolute Gasteiger partial charge is 0.454 e. The second-order valence-electron chi connectivity index (χ2n) is 5.64.